The molecule has 0 bridgehead atoms. The van der Waals surface area contributed by atoms with E-state index in [0.29, 0.717) is 0 Å². The highest BCUT2D eigenvalue weighted by Gasteiger charge is 1.76. The minimum Gasteiger partial charge on any atom is -0.0879 e. The van der Waals surface area contributed by atoms with E-state index in [0.717, 1.165) is 25.7 Å². The molecule has 0 saturated carbocycles. The van der Waals surface area contributed by atoms with Crippen molar-refractivity contribution in [2.75, 3.05) is 0 Å². The molecule has 0 heteroatoms. The summed E-state index contributed by atoms with van der Waals surface area (Å²) in [6.45, 7) is 0. The molecular weight excluding hydrogens is 168 g/mol. The Morgan fingerprint density at radius 3 is 1.64 bits per heavy atom. The molecule has 0 radical (unpaired) electrons. The summed E-state index contributed by atoms with van der Waals surface area (Å²) in [5.74, 6) is 0. The summed E-state index contributed by atoms with van der Waals surface area (Å²) < 4.78 is 0. The molecule has 0 amide bonds. The van der Waals surface area contributed by atoms with E-state index in [1.807, 2.05) is 0 Å². The summed E-state index contributed by atoms with van der Waals surface area (Å²) in [4.78, 5) is 0. The van der Waals surface area contributed by atoms with E-state index in [9.17, 15) is 0 Å². The number of hydrogen-bond acceptors (Lipinski definition) is 0. The van der Waals surface area contributed by atoms with Gasteiger partial charge in [0.05, 0.1) is 0 Å². The predicted molar refractivity (Wildman–Crippen MR) is 64.2 cm³/mol. The van der Waals surface area contributed by atoms with Crippen LogP contribution in [0.3, 0.4) is 0 Å². The van der Waals surface area contributed by atoms with Crippen molar-refractivity contribution in [1.29, 1.82) is 0 Å². The van der Waals surface area contributed by atoms with Crippen molar-refractivity contribution in [2.24, 2.45) is 0 Å². The quantitative estimate of drug-likeness (QED) is 0.494. The van der Waals surface area contributed by atoms with E-state index < -0.39 is 0 Å². The lowest BCUT2D eigenvalue weighted by Crippen LogP contribution is -1.66. The number of allylic oxidation sites excluding steroid dienone is 10. The minimum absolute atomic E-state index is 1.02. The van der Waals surface area contributed by atoms with Crippen LogP contribution in [-0.2, 0) is 0 Å². The third-order valence-electron chi connectivity index (χ3n) is 1.98. The monoisotopic (exact) mass is 186 g/mol. The first-order chi connectivity index (χ1) is 7.00. The minimum atomic E-state index is 1.02. The van der Waals surface area contributed by atoms with Gasteiger partial charge in [0.15, 0.2) is 0 Å². The highest BCUT2D eigenvalue weighted by Crippen LogP contribution is 1.97. The molecule has 0 fully saturated rings. The van der Waals surface area contributed by atoms with Gasteiger partial charge in [0.1, 0.15) is 0 Å². The van der Waals surface area contributed by atoms with Crippen molar-refractivity contribution in [3.63, 3.8) is 0 Å². The lowest BCUT2D eigenvalue weighted by molar-refractivity contribution is 1.04. The van der Waals surface area contributed by atoms with Crippen molar-refractivity contribution in [3.05, 3.63) is 60.8 Å². The Morgan fingerprint density at radius 2 is 0.929 bits per heavy atom. The normalized spacial score (nSPS) is 27.4. The first kappa shape index (κ1) is 10.8. The van der Waals surface area contributed by atoms with Gasteiger partial charge in [-0.25, -0.2) is 0 Å². The molecule has 1 aliphatic carbocycles. The van der Waals surface area contributed by atoms with Gasteiger partial charge in [-0.15, -0.1) is 0 Å². The molecule has 1 aliphatic rings. The molecular formula is C14H18. The summed E-state index contributed by atoms with van der Waals surface area (Å²) in [6, 6.07) is 0. The van der Waals surface area contributed by atoms with Gasteiger partial charge in [-0.3, -0.25) is 0 Å². The van der Waals surface area contributed by atoms with Gasteiger partial charge in [-0.05, 0) is 25.7 Å². The number of hydrogen-bond donors (Lipinski definition) is 0. The fraction of sp³-hybridized carbons (Fsp3) is 0.286. The molecule has 0 nitrogen and oxygen atoms in total. The predicted octanol–water partition coefficient (Wildman–Crippen LogP) is 4.34. The Morgan fingerprint density at radius 1 is 0.429 bits per heavy atom. The van der Waals surface area contributed by atoms with Gasteiger partial charge in [-0.2, -0.15) is 0 Å². The second kappa shape index (κ2) is 8.31. The van der Waals surface area contributed by atoms with Crippen molar-refractivity contribution in [1.82, 2.24) is 0 Å². The molecule has 0 heterocycles. The zero-order chi connectivity index (χ0) is 9.90. The van der Waals surface area contributed by atoms with E-state index in [4.69, 9.17) is 0 Å². The van der Waals surface area contributed by atoms with Crippen molar-refractivity contribution >= 4 is 0 Å². The molecule has 0 aliphatic heterocycles. The van der Waals surface area contributed by atoms with E-state index in [1.54, 1.807) is 0 Å². The molecule has 0 unspecified atom stereocenters. The molecule has 0 aromatic rings. The van der Waals surface area contributed by atoms with Crippen LogP contribution in [-0.4, -0.2) is 0 Å². The smallest absolute Gasteiger partial charge is 0.0163 e. The topological polar surface area (TPSA) is 0 Å². The fourth-order valence-electron chi connectivity index (χ4n) is 1.21. The number of rotatable bonds is 0. The van der Waals surface area contributed by atoms with Crippen molar-refractivity contribution in [3.8, 4) is 0 Å². The Hall–Kier alpha value is -1.30. The molecule has 0 N–H and O–H groups in total. The average Bonchev–Trinajstić information content (AvgIpc) is 2.22. The Labute approximate surface area is 87.0 Å². The lowest BCUT2D eigenvalue weighted by atomic mass is 10.2. The first-order valence-corrected chi connectivity index (χ1v) is 5.28. The van der Waals surface area contributed by atoms with Gasteiger partial charge in [0.25, 0.3) is 0 Å². The third-order valence-corrected chi connectivity index (χ3v) is 1.98. The maximum absolute atomic E-state index is 2.24. The van der Waals surface area contributed by atoms with Gasteiger partial charge < -0.3 is 0 Å². The first-order valence-electron chi connectivity index (χ1n) is 5.28. The van der Waals surface area contributed by atoms with Gasteiger partial charge in [0.2, 0.25) is 0 Å². The molecule has 0 saturated heterocycles. The summed E-state index contributed by atoms with van der Waals surface area (Å²) in [6.07, 6.45) is 26.0. The van der Waals surface area contributed by atoms with Crippen LogP contribution in [0.4, 0.5) is 0 Å². The molecule has 74 valence electrons. The lowest BCUT2D eigenvalue weighted by Gasteiger charge is -1.87. The van der Waals surface area contributed by atoms with E-state index in [1.165, 1.54) is 0 Å². The van der Waals surface area contributed by atoms with Crippen LogP contribution in [0.2, 0.25) is 0 Å². The van der Waals surface area contributed by atoms with E-state index in [2.05, 4.69) is 60.8 Å². The zero-order valence-electron chi connectivity index (χ0n) is 8.60. The SMILES string of the molecule is C1=CC/C=C/CC/C=C/C=C/C/C=C\1. The van der Waals surface area contributed by atoms with Gasteiger partial charge in [0, 0.05) is 0 Å². The second-order valence-corrected chi connectivity index (χ2v) is 3.23. The molecule has 1 rings (SSSR count). The Kier molecular flexibility index (Phi) is 6.39. The second-order valence-electron chi connectivity index (χ2n) is 3.23. The molecule has 0 spiro atoms. The Bertz CT molecular complexity index is 262. The molecule has 0 aromatic carbocycles. The average molecular weight is 186 g/mol. The summed E-state index contributed by atoms with van der Waals surface area (Å²) in [5, 5.41) is 0. The van der Waals surface area contributed by atoms with Crippen LogP contribution < -0.4 is 0 Å². The standard InChI is InChI=1S/C14H18/c1-2-4-6-8-10-12-14-13-11-9-7-5-3-1/h1-4,7-11,13H,5-6,12,14H2/b3-1-,4-2?,9-7+,10-8+,13-11+. The summed E-state index contributed by atoms with van der Waals surface area (Å²) in [7, 11) is 0. The highest BCUT2D eigenvalue weighted by molar-refractivity contribution is 5.10. The third kappa shape index (κ3) is 6.24. The molecule has 14 heavy (non-hydrogen) atoms. The maximum atomic E-state index is 2.24. The van der Waals surface area contributed by atoms with Crippen LogP contribution in [0.25, 0.3) is 0 Å². The van der Waals surface area contributed by atoms with Crippen LogP contribution in [0.15, 0.2) is 60.8 Å². The van der Waals surface area contributed by atoms with E-state index >= 15 is 0 Å². The van der Waals surface area contributed by atoms with Crippen LogP contribution in [0.1, 0.15) is 25.7 Å². The molecule has 0 aromatic heterocycles. The van der Waals surface area contributed by atoms with Gasteiger partial charge in [-0.1, -0.05) is 60.8 Å². The summed E-state index contributed by atoms with van der Waals surface area (Å²) in [5.41, 5.74) is 0. The molecule has 0 atom stereocenters. The zero-order valence-corrected chi connectivity index (χ0v) is 8.60. The van der Waals surface area contributed by atoms with Crippen LogP contribution in [0, 0.1) is 0 Å². The Balaban J connectivity index is 2.45. The summed E-state index contributed by atoms with van der Waals surface area (Å²) >= 11 is 0. The van der Waals surface area contributed by atoms with Gasteiger partial charge >= 0.3 is 0 Å². The van der Waals surface area contributed by atoms with Crippen molar-refractivity contribution < 1.29 is 0 Å². The highest BCUT2D eigenvalue weighted by atomic mass is 13.8. The van der Waals surface area contributed by atoms with Crippen LogP contribution in [0.5, 0.6) is 0 Å². The van der Waals surface area contributed by atoms with E-state index in [-0.39, 0.29) is 0 Å². The largest absolute Gasteiger partial charge is 0.0879 e. The van der Waals surface area contributed by atoms with Crippen molar-refractivity contribution in [2.45, 2.75) is 25.7 Å². The fourth-order valence-corrected chi connectivity index (χ4v) is 1.21. The maximum Gasteiger partial charge on any atom is -0.0163 e. The van der Waals surface area contributed by atoms with Crippen LogP contribution >= 0.6 is 0 Å².